The standard InChI is InChI=1S/C15H14N2O3/c18-15(19)4-2-13-1-3-14(11-17-13)20-10-7-12-5-8-16-9-6-12/h1-6,8-9,11H,7,10H2,(H,18,19). The first-order chi connectivity index (χ1) is 9.74. The van der Waals surface area contributed by atoms with Gasteiger partial charge in [0.1, 0.15) is 5.75 Å². The average molecular weight is 270 g/mol. The Morgan fingerprint density at radius 3 is 2.70 bits per heavy atom. The summed E-state index contributed by atoms with van der Waals surface area (Å²) in [7, 11) is 0. The van der Waals surface area contributed by atoms with Gasteiger partial charge in [-0.2, -0.15) is 0 Å². The molecule has 0 bridgehead atoms. The molecule has 0 aliphatic heterocycles. The van der Waals surface area contributed by atoms with Crippen LogP contribution in [0.15, 0.2) is 48.9 Å². The van der Waals surface area contributed by atoms with Crippen LogP contribution in [0.3, 0.4) is 0 Å². The highest BCUT2D eigenvalue weighted by atomic mass is 16.5. The Balaban J connectivity index is 1.83. The van der Waals surface area contributed by atoms with Crippen molar-refractivity contribution < 1.29 is 14.6 Å². The van der Waals surface area contributed by atoms with Crippen molar-refractivity contribution in [2.75, 3.05) is 6.61 Å². The van der Waals surface area contributed by atoms with E-state index in [2.05, 4.69) is 9.97 Å². The molecule has 5 nitrogen and oxygen atoms in total. The van der Waals surface area contributed by atoms with Gasteiger partial charge in [-0.3, -0.25) is 9.97 Å². The van der Waals surface area contributed by atoms with Gasteiger partial charge in [-0.15, -0.1) is 0 Å². The lowest BCUT2D eigenvalue weighted by molar-refractivity contribution is -0.131. The molecule has 102 valence electrons. The number of carboxylic acids is 1. The Hall–Kier alpha value is -2.69. The van der Waals surface area contributed by atoms with Gasteiger partial charge in [0.05, 0.1) is 18.5 Å². The highest BCUT2D eigenvalue weighted by Gasteiger charge is 1.97. The number of pyridine rings is 2. The number of aromatic nitrogens is 2. The molecule has 0 atom stereocenters. The summed E-state index contributed by atoms with van der Waals surface area (Å²) in [6.07, 6.45) is 8.35. The zero-order valence-electron chi connectivity index (χ0n) is 10.8. The van der Waals surface area contributed by atoms with Gasteiger partial charge in [0.15, 0.2) is 0 Å². The topological polar surface area (TPSA) is 72.3 Å². The fraction of sp³-hybridized carbons (Fsp3) is 0.133. The van der Waals surface area contributed by atoms with E-state index in [-0.39, 0.29) is 0 Å². The van der Waals surface area contributed by atoms with Crippen LogP contribution in [0.5, 0.6) is 5.75 Å². The first-order valence-electron chi connectivity index (χ1n) is 6.13. The molecule has 2 aromatic heterocycles. The van der Waals surface area contributed by atoms with E-state index in [9.17, 15) is 4.79 Å². The SMILES string of the molecule is O=C(O)C=Cc1ccc(OCCc2ccncc2)cn1. The molecule has 2 rings (SSSR count). The second-order valence-corrected chi connectivity index (χ2v) is 4.04. The van der Waals surface area contributed by atoms with Crippen molar-refractivity contribution in [3.63, 3.8) is 0 Å². The Morgan fingerprint density at radius 2 is 2.05 bits per heavy atom. The minimum absolute atomic E-state index is 0.552. The first kappa shape index (κ1) is 13.7. The molecule has 0 radical (unpaired) electrons. The summed E-state index contributed by atoms with van der Waals surface area (Å²) in [4.78, 5) is 18.4. The smallest absolute Gasteiger partial charge is 0.328 e. The third-order valence-electron chi connectivity index (χ3n) is 2.56. The lowest BCUT2D eigenvalue weighted by atomic mass is 10.2. The summed E-state index contributed by atoms with van der Waals surface area (Å²) in [5, 5.41) is 8.51. The molecule has 1 N–H and O–H groups in total. The van der Waals surface area contributed by atoms with Gasteiger partial charge in [-0.1, -0.05) is 0 Å². The van der Waals surface area contributed by atoms with Gasteiger partial charge < -0.3 is 9.84 Å². The van der Waals surface area contributed by atoms with Crippen LogP contribution >= 0.6 is 0 Å². The molecule has 2 heterocycles. The number of carboxylic acid groups (broad SMARTS) is 1. The van der Waals surface area contributed by atoms with Crippen LogP contribution in [0.1, 0.15) is 11.3 Å². The summed E-state index contributed by atoms with van der Waals surface area (Å²) in [6.45, 7) is 0.552. The second-order valence-electron chi connectivity index (χ2n) is 4.04. The van der Waals surface area contributed by atoms with Crippen molar-refractivity contribution in [2.45, 2.75) is 6.42 Å². The molecule has 0 fully saturated rings. The van der Waals surface area contributed by atoms with Crippen LogP contribution in [0.25, 0.3) is 6.08 Å². The molecule has 0 aromatic carbocycles. The van der Waals surface area contributed by atoms with Gasteiger partial charge in [0.25, 0.3) is 0 Å². The van der Waals surface area contributed by atoms with Crippen LogP contribution in [0.4, 0.5) is 0 Å². The summed E-state index contributed by atoms with van der Waals surface area (Å²) in [5.74, 6) is -0.337. The lowest BCUT2D eigenvalue weighted by Crippen LogP contribution is -2.01. The maximum atomic E-state index is 10.4. The van der Waals surface area contributed by atoms with Crippen LogP contribution in [-0.2, 0) is 11.2 Å². The van der Waals surface area contributed by atoms with E-state index in [1.165, 1.54) is 6.08 Å². The number of hydrogen-bond donors (Lipinski definition) is 1. The maximum absolute atomic E-state index is 10.4. The first-order valence-corrected chi connectivity index (χ1v) is 6.13. The number of hydrogen-bond acceptors (Lipinski definition) is 4. The fourth-order valence-corrected chi connectivity index (χ4v) is 1.57. The average Bonchev–Trinajstić information content (AvgIpc) is 2.47. The van der Waals surface area contributed by atoms with Gasteiger partial charge >= 0.3 is 5.97 Å². The minimum Gasteiger partial charge on any atom is -0.492 e. The number of nitrogens with zero attached hydrogens (tertiary/aromatic N) is 2. The summed E-state index contributed by atoms with van der Waals surface area (Å²) in [5.41, 5.74) is 1.74. The van der Waals surface area contributed by atoms with E-state index in [1.54, 1.807) is 30.7 Å². The number of rotatable bonds is 6. The maximum Gasteiger partial charge on any atom is 0.328 e. The van der Waals surface area contributed by atoms with E-state index in [0.717, 1.165) is 18.1 Å². The predicted molar refractivity (Wildman–Crippen MR) is 74.3 cm³/mol. The fourth-order valence-electron chi connectivity index (χ4n) is 1.57. The minimum atomic E-state index is -0.996. The van der Waals surface area contributed by atoms with Crippen LogP contribution < -0.4 is 4.74 Å². The van der Waals surface area contributed by atoms with Crippen LogP contribution in [0.2, 0.25) is 0 Å². The normalized spacial score (nSPS) is 10.6. The summed E-state index contributed by atoms with van der Waals surface area (Å²) >= 11 is 0. The van der Waals surface area contributed by atoms with Crippen molar-refractivity contribution in [3.8, 4) is 5.75 Å². The van der Waals surface area contributed by atoms with Crippen LogP contribution in [0, 0.1) is 0 Å². The summed E-state index contributed by atoms with van der Waals surface area (Å²) < 4.78 is 5.57. The quantitative estimate of drug-likeness (QED) is 0.815. The molecule has 0 aliphatic rings. The molecular weight excluding hydrogens is 256 g/mol. The van der Waals surface area contributed by atoms with Crippen molar-refractivity contribution >= 4 is 12.0 Å². The third-order valence-corrected chi connectivity index (χ3v) is 2.56. The van der Waals surface area contributed by atoms with E-state index < -0.39 is 5.97 Å². The monoisotopic (exact) mass is 270 g/mol. The highest BCUT2D eigenvalue weighted by Crippen LogP contribution is 2.10. The Morgan fingerprint density at radius 1 is 1.25 bits per heavy atom. The molecule has 0 saturated heterocycles. The molecule has 5 heteroatoms. The molecule has 0 aliphatic carbocycles. The number of aliphatic carboxylic acids is 1. The van der Waals surface area contributed by atoms with E-state index in [4.69, 9.17) is 9.84 Å². The third kappa shape index (κ3) is 4.53. The molecular formula is C15H14N2O3. The van der Waals surface area contributed by atoms with E-state index >= 15 is 0 Å². The van der Waals surface area contributed by atoms with Gasteiger partial charge in [0, 0.05) is 24.9 Å². The molecule has 0 unspecified atom stereocenters. The zero-order chi connectivity index (χ0) is 14.2. The van der Waals surface area contributed by atoms with Crippen molar-refractivity contribution in [2.24, 2.45) is 0 Å². The largest absolute Gasteiger partial charge is 0.492 e. The number of ether oxygens (including phenoxy) is 1. The lowest BCUT2D eigenvalue weighted by Gasteiger charge is -2.05. The van der Waals surface area contributed by atoms with E-state index in [1.807, 2.05) is 12.1 Å². The number of carbonyl (C=O) groups is 1. The van der Waals surface area contributed by atoms with E-state index in [0.29, 0.717) is 18.1 Å². The molecule has 0 amide bonds. The second kappa shape index (κ2) is 7.04. The molecule has 2 aromatic rings. The van der Waals surface area contributed by atoms with Crippen molar-refractivity contribution in [1.29, 1.82) is 0 Å². The Kier molecular flexibility index (Phi) is 4.83. The predicted octanol–water partition coefficient (Wildman–Crippen LogP) is 2.20. The zero-order valence-corrected chi connectivity index (χ0v) is 10.8. The molecule has 0 saturated carbocycles. The molecule has 20 heavy (non-hydrogen) atoms. The van der Waals surface area contributed by atoms with Crippen molar-refractivity contribution in [3.05, 3.63) is 60.2 Å². The molecule has 0 spiro atoms. The van der Waals surface area contributed by atoms with Gasteiger partial charge in [-0.05, 0) is 35.9 Å². The summed E-state index contributed by atoms with van der Waals surface area (Å²) in [6, 6.07) is 7.37. The van der Waals surface area contributed by atoms with Gasteiger partial charge in [-0.25, -0.2) is 4.79 Å². The Bertz CT molecular complexity index is 580. The van der Waals surface area contributed by atoms with Crippen LogP contribution in [-0.4, -0.2) is 27.7 Å². The Labute approximate surface area is 116 Å². The highest BCUT2D eigenvalue weighted by molar-refractivity contribution is 5.84. The van der Waals surface area contributed by atoms with Crippen molar-refractivity contribution in [1.82, 2.24) is 9.97 Å². The van der Waals surface area contributed by atoms with Gasteiger partial charge in [0.2, 0.25) is 0 Å².